The molecule has 3 aromatic rings. The minimum absolute atomic E-state index is 0.0273. The molecule has 0 saturated heterocycles. The molecule has 0 aliphatic rings. The van der Waals surface area contributed by atoms with E-state index < -0.39 is 5.82 Å². The van der Waals surface area contributed by atoms with E-state index in [0.717, 1.165) is 11.6 Å². The van der Waals surface area contributed by atoms with Crippen molar-refractivity contribution < 1.29 is 18.3 Å². The van der Waals surface area contributed by atoms with Gasteiger partial charge in [-0.05, 0) is 49.4 Å². The summed E-state index contributed by atoms with van der Waals surface area (Å²) in [5, 5.41) is 0.634. The van der Waals surface area contributed by atoms with Crippen molar-refractivity contribution in [3.63, 3.8) is 0 Å². The fourth-order valence-corrected chi connectivity index (χ4v) is 2.29. The van der Waals surface area contributed by atoms with Crippen LogP contribution in [0.5, 0.6) is 5.75 Å². The second-order valence-corrected chi connectivity index (χ2v) is 5.55. The van der Waals surface area contributed by atoms with Crippen LogP contribution in [0.2, 0.25) is 5.02 Å². The molecule has 1 aromatic heterocycles. The van der Waals surface area contributed by atoms with E-state index in [9.17, 15) is 9.18 Å². The molecule has 0 spiro atoms. The minimum Gasteiger partial charge on any atom is -0.483 e. The average molecular weight is 346 g/mol. The standard InChI is InChI=1S/C18H13ClFNO3/c1-11(22)15-8-14(20)6-7-16(15)23-10-18-21-9-17(24-18)12-2-4-13(19)5-3-12/h2-9H,10H2,1H3. The molecular formula is C18H13ClFNO3. The lowest BCUT2D eigenvalue weighted by atomic mass is 10.1. The van der Waals surface area contributed by atoms with Crippen molar-refractivity contribution >= 4 is 17.4 Å². The molecule has 0 N–H and O–H groups in total. The van der Waals surface area contributed by atoms with Crippen LogP contribution < -0.4 is 4.74 Å². The van der Waals surface area contributed by atoms with Crippen LogP contribution in [0, 0.1) is 5.82 Å². The van der Waals surface area contributed by atoms with E-state index in [1.54, 1.807) is 18.3 Å². The maximum absolute atomic E-state index is 13.2. The topological polar surface area (TPSA) is 52.3 Å². The fraction of sp³-hybridized carbons (Fsp3) is 0.111. The number of benzene rings is 2. The molecule has 0 bridgehead atoms. The number of aromatic nitrogens is 1. The molecule has 0 radical (unpaired) electrons. The van der Waals surface area contributed by atoms with E-state index in [-0.39, 0.29) is 23.7 Å². The Kier molecular flexibility index (Phi) is 4.62. The van der Waals surface area contributed by atoms with Gasteiger partial charge in [0.25, 0.3) is 0 Å². The highest BCUT2D eigenvalue weighted by Gasteiger charge is 2.12. The van der Waals surface area contributed by atoms with Crippen molar-refractivity contribution in [2.24, 2.45) is 0 Å². The molecule has 24 heavy (non-hydrogen) atoms. The van der Waals surface area contributed by atoms with Gasteiger partial charge in [-0.1, -0.05) is 11.6 Å². The molecule has 0 aliphatic carbocycles. The number of nitrogens with zero attached hydrogens (tertiary/aromatic N) is 1. The highest BCUT2D eigenvalue weighted by atomic mass is 35.5. The molecule has 0 atom stereocenters. The van der Waals surface area contributed by atoms with Crippen molar-refractivity contribution in [3.05, 3.63) is 71.0 Å². The maximum Gasteiger partial charge on any atom is 0.232 e. The van der Waals surface area contributed by atoms with Crippen molar-refractivity contribution in [1.29, 1.82) is 0 Å². The van der Waals surface area contributed by atoms with E-state index in [0.29, 0.717) is 16.7 Å². The van der Waals surface area contributed by atoms with Gasteiger partial charge in [-0.25, -0.2) is 9.37 Å². The molecule has 1 heterocycles. The number of carbonyl (C=O) groups excluding carboxylic acids is 1. The summed E-state index contributed by atoms with van der Waals surface area (Å²) in [5.74, 6) is 0.442. The normalized spacial score (nSPS) is 10.6. The lowest BCUT2D eigenvalue weighted by molar-refractivity contribution is 0.101. The van der Waals surface area contributed by atoms with Crippen LogP contribution in [0.4, 0.5) is 4.39 Å². The smallest absolute Gasteiger partial charge is 0.232 e. The Hall–Kier alpha value is -2.66. The summed E-state index contributed by atoms with van der Waals surface area (Å²) in [5.41, 5.74) is 1.02. The number of oxazole rings is 1. The summed E-state index contributed by atoms with van der Waals surface area (Å²) in [6.45, 7) is 1.38. The van der Waals surface area contributed by atoms with Crippen molar-refractivity contribution in [3.8, 4) is 17.1 Å². The van der Waals surface area contributed by atoms with E-state index in [4.69, 9.17) is 20.8 Å². The number of carbonyl (C=O) groups is 1. The van der Waals surface area contributed by atoms with Crippen LogP contribution in [0.15, 0.2) is 53.1 Å². The van der Waals surface area contributed by atoms with E-state index in [1.807, 2.05) is 12.1 Å². The van der Waals surface area contributed by atoms with Gasteiger partial charge >= 0.3 is 0 Å². The zero-order valence-electron chi connectivity index (χ0n) is 12.8. The predicted molar refractivity (Wildman–Crippen MR) is 87.7 cm³/mol. The van der Waals surface area contributed by atoms with Gasteiger partial charge in [-0.2, -0.15) is 0 Å². The average Bonchev–Trinajstić information content (AvgIpc) is 3.03. The Morgan fingerprint density at radius 3 is 2.71 bits per heavy atom. The second-order valence-electron chi connectivity index (χ2n) is 5.11. The number of hydrogen-bond acceptors (Lipinski definition) is 4. The highest BCUT2D eigenvalue weighted by Crippen LogP contribution is 2.24. The van der Waals surface area contributed by atoms with Crippen LogP contribution in [-0.4, -0.2) is 10.8 Å². The Morgan fingerprint density at radius 2 is 2.00 bits per heavy atom. The molecule has 6 heteroatoms. The monoisotopic (exact) mass is 345 g/mol. The summed E-state index contributed by atoms with van der Waals surface area (Å²) < 4.78 is 24.4. The summed E-state index contributed by atoms with van der Waals surface area (Å²) in [6.07, 6.45) is 1.58. The number of Topliss-reactive ketones (excluding diaryl/α,β-unsaturated/α-hetero) is 1. The predicted octanol–water partition coefficient (Wildman–Crippen LogP) is 4.92. The Bertz CT molecular complexity index is 874. The molecule has 3 rings (SSSR count). The van der Waals surface area contributed by atoms with Crippen LogP contribution in [0.1, 0.15) is 23.2 Å². The molecule has 0 saturated carbocycles. The summed E-state index contributed by atoms with van der Waals surface area (Å²) >= 11 is 5.85. The number of halogens is 2. The van der Waals surface area contributed by atoms with Crippen LogP contribution in [0.3, 0.4) is 0 Å². The van der Waals surface area contributed by atoms with E-state index >= 15 is 0 Å². The Labute approximate surface area is 142 Å². The van der Waals surface area contributed by atoms with Gasteiger partial charge < -0.3 is 9.15 Å². The first-order valence-corrected chi connectivity index (χ1v) is 7.54. The summed E-state index contributed by atoms with van der Waals surface area (Å²) in [4.78, 5) is 15.7. The van der Waals surface area contributed by atoms with Crippen LogP contribution in [0.25, 0.3) is 11.3 Å². The molecule has 4 nitrogen and oxygen atoms in total. The number of ether oxygens (including phenoxy) is 1. The molecule has 2 aromatic carbocycles. The second kappa shape index (κ2) is 6.84. The Morgan fingerprint density at radius 1 is 1.25 bits per heavy atom. The van der Waals surface area contributed by atoms with Gasteiger partial charge in [0.15, 0.2) is 18.2 Å². The Balaban J connectivity index is 1.74. The third-order valence-electron chi connectivity index (χ3n) is 3.35. The molecule has 122 valence electrons. The molecule has 0 fully saturated rings. The van der Waals surface area contributed by atoms with Gasteiger partial charge in [-0.3, -0.25) is 4.79 Å². The SMILES string of the molecule is CC(=O)c1cc(F)ccc1OCc1ncc(-c2ccc(Cl)cc2)o1. The third-order valence-corrected chi connectivity index (χ3v) is 3.61. The molecule has 0 aliphatic heterocycles. The number of rotatable bonds is 5. The van der Waals surface area contributed by atoms with Gasteiger partial charge in [0.1, 0.15) is 11.6 Å². The quantitative estimate of drug-likeness (QED) is 0.616. The van der Waals surface area contributed by atoms with Crippen molar-refractivity contribution in [1.82, 2.24) is 4.98 Å². The van der Waals surface area contributed by atoms with Crippen molar-refractivity contribution in [2.75, 3.05) is 0 Å². The van der Waals surface area contributed by atoms with Gasteiger partial charge in [-0.15, -0.1) is 0 Å². The molecule has 0 amide bonds. The first kappa shape index (κ1) is 16.2. The maximum atomic E-state index is 13.2. The largest absolute Gasteiger partial charge is 0.483 e. The van der Waals surface area contributed by atoms with E-state index in [1.165, 1.54) is 19.1 Å². The zero-order valence-corrected chi connectivity index (χ0v) is 13.5. The van der Waals surface area contributed by atoms with E-state index in [2.05, 4.69) is 4.98 Å². The molecule has 0 unspecified atom stereocenters. The van der Waals surface area contributed by atoms with Crippen LogP contribution in [-0.2, 0) is 6.61 Å². The minimum atomic E-state index is -0.492. The zero-order chi connectivity index (χ0) is 17.1. The third kappa shape index (κ3) is 3.63. The number of hydrogen-bond donors (Lipinski definition) is 0. The van der Waals surface area contributed by atoms with Gasteiger partial charge in [0.2, 0.25) is 5.89 Å². The van der Waals surface area contributed by atoms with Gasteiger partial charge in [0.05, 0.1) is 11.8 Å². The lowest BCUT2D eigenvalue weighted by Gasteiger charge is -2.08. The first-order chi connectivity index (χ1) is 11.5. The fourth-order valence-electron chi connectivity index (χ4n) is 2.17. The summed E-state index contributed by atoms with van der Waals surface area (Å²) in [7, 11) is 0. The summed E-state index contributed by atoms with van der Waals surface area (Å²) in [6, 6.07) is 10.9. The van der Waals surface area contributed by atoms with Gasteiger partial charge in [0, 0.05) is 10.6 Å². The van der Waals surface area contributed by atoms with Crippen LogP contribution >= 0.6 is 11.6 Å². The highest BCUT2D eigenvalue weighted by molar-refractivity contribution is 6.30. The van der Waals surface area contributed by atoms with Crippen molar-refractivity contribution in [2.45, 2.75) is 13.5 Å². The molecular weight excluding hydrogens is 333 g/mol. The first-order valence-electron chi connectivity index (χ1n) is 7.17. The number of ketones is 1. The lowest BCUT2D eigenvalue weighted by Crippen LogP contribution is -2.02.